The average molecular weight is 292 g/mol. The van der Waals surface area contributed by atoms with E-state index in [1.54, 1.807) is 0 Å². The van der Waals surface area contributed by atoms with Gasteiger partial charge >= 0.3 is 0 Å². The number of anilines is 2. The van der Waals surface area contributed by atoms with Crippen LogP contribution in [0.1, 0.15) is 41.7 Å². The van der Waals surface area contributed by atoms with Gasteiger partial charge in [0.25, 0.3) is 0 Å². The van der Waals surface area contributed by atoms with E-state index >= 15 is 0 Å². The predicted molar refractivity (Wildman–Crippen MR) is 87.4 cm³/mol. The number of aromatic nitrogens is 1. The first-order valence-electron chi connectivity index (χ1n) is 8.17. The van der Waals surface area contributed by atoms with Gasteiger partial charge in [0.2, 0.25) is 0 Å². The Morgan fingerprint density at radius 2 is 1.82 bits per heavy atom. The second-order valence-corrected chi connectivity index (χ2v) is 6.40. The van der Waals surface area contributed by atoms with Gasteiger partial charge in [0.05, 0.1) is 5.69 Å². The fourth-order valence-electron chi connectivity index (χ4n) is 3.87. The van der Waals surface area contributed by atoms with Gasteiger partial charge in [-0.1, -0.05) is 31.0 Å². The molecule has 2 unspecified atom stereocenters. The molecule has 2 aliphatic carbocycles. The first kappa shape index (κ1) is 13.5. The zero-order valence-electron chi connectivity index (χ0n) is 12.6. The van der Waals surface area contributed by atoms with Crippen LogP contribution in [0.25, 0.3) is 0 Å². The van der Waals surface area contributed by atoms with Crippen LogP contribution in [0.3, 0.4) is 0 Å². The Morgan fingerprint density at radius 1 is 1.00 bits per heavy atom. The summed E-state index contributed by atoms with van der Waals surface area (Å²) in [6.07, 6.45) is 5.64. The number of carbonyl (C=O) groups is 1. The first-order chi connectivity index (χ1) is 10.8. The summed E-state index contributed by atoms with van der Waals surface area (Å²) < 4.78 is 0. The Hall–Kier alpha value is -2.16. The second-order valence-electron chi connectivity index (χ2n) is 6.40. The second kappa shape index (κ2) is 5.56. The summed E-state index contributed by atoms with van der Waals surface area (Å²) in [6.45, 7) is 0. The first-order valence-corrected chi connectivity index (χ1v) is 8.17. The molecule has 0 radical (unpaired) electrons. The molecule has 0 aliphatic heterocycles. The van der Waals surface area contributed by atoms with Crippen molar-refractivity contribution in [2.45, 2.75) is 32.1 Å². The van der Waals surface area contributed by atoms with Crippen molar-refractivity contribution in [1.29, 1.82) is 0 Å². The summed E-state index contributed by atoms with van der Waals surface area (Å²) in [7, 11) is 0. The SMILES string of the molecule is O=C1c2ccc(Nc3ccccc3)nc2CC2CCCCC12. The van der Waals surface area contributed by atoms with Crippen LogP contribution >= 0.6 is 0 Å². The Balaban J connectivity index is 1.63. The molecule has 1 N–H and O–H groups in total. The average Bonchev–Trinajstić information content (AvgIpc) is 2.56. The number of fused-ring (bicyclic) bond motifs is 2. The van der Waals surface area contributed by atoms with Crippen LogP contribution in [-0.4, -0.2) is 10.8 Å². The molecule has 3 heteroatoms. The molecule has 1 aromatic heterocycles. The van der Waals surface area contributed by atoms with Crippen LogP contribution in [0.2, 0.25) is 0 Å². The van der Waals surface area contributed by atoms with Gasteiger partial charge in [0.1, 0.15) is 5.82 Å². The van der Waals surface area contributed by atoms with E-state index in [-0.39, 0.29) is 5.92 Å². The maximum atomic E-state index is 12.7. The highest BCUT2D eigenvalue weighted by atomic mass is 16.1. The number of benzene rings is 1. The molecule has 2 atom stereocenters. The number of nitrogens with one attached hydrogen (secondary N) is 1. The minimum atomic E-state index is 0.246. The quantitative estimate of drug-likeness (QED) is 0.893. The van der Waals surface area contributed by atoms with Gasteiger partial charge in [-0.2, -0.15) is 0 Å². The van der Waals surface area contributed by atoms with Gasteiger partial charge in [-0.15, -0.1) is 0 Å². The molecule has 2 aliphatic rings. The van der Waals surface area contributed by atoms with Crippen molar-refractivity contribution in [3.05, 3.63) is 53.7 Å². The number of rotatable bonds is 2. The number of ketones is 1. The van der Waals surface area contributed by atoms with Crippen molar-refractivity contribution in [3.63, 3.8) is 0 Å². The topological polar surface area (TPSA) is 42.0 Å². The van der Waals surface area contributed by atoms with Gasteiger partial charge in [0.15, 0.2) is 5.78 Å². The zero-order chi connectivity index (χ0) is 14.9. The fourth-order valence-corrected chi connectivity index (χ4v) is 3.87. The van der Waals surface area contributed by atoms with Gasteiger partial charge in [-0.3, -0.25) is 4.79 Å². The minimum absolute atomic E-state index is 0.246. The number of pyridine rings is 1. The van der Waals surface area contributed by atoms with Crippen LogP contribution in [0.5, 0.6) is 0 Å². The molecule has 1 heterocycles. The molecule has 1 aromatic carbocycles. The zero-order valence-corrected chi connectivity index (χ0v) is 12.6. The number of Topliss-reactive ketones (excluding diaryl/α,β-unsaturated/α-hetero) is 1. The molecule has 112 valence electrons. The molecule has 4 rings (SSSR count). The van der Waals surface area contributed by atoms with Crippen LogP contribution in [0, 0.1) is 11.8 Å². The van der Waals surface area contributed by atoms with E-state index < -0.39 is 0 Å². The lowest BCUT2D eigenvalue weighted by molar-refractivity contribution is 0.0798. The lowest BCUT2D eigenvalue weighted by atomic mass is 9.69. The Morgan fingerprint density at radius 3 is 2.68 bits per heavy atom. The summed E-state index contributed by atoms with van der Waals surface area (Å²) >= 11 is 0. The van der Waals surface area contributed by atoms with Crippen molar-refractivity contribution in [3.8, 4) is 0 Å². The van der Waals surface area contributed by atoms with Crippen molar-refractivity contribution in [2.24, 2.45) is 11.8 Å². The molecule has 0 amide bonds. The fraction of sp³-hybridized carbons (Fsp3) is 0.368. The molecule has 2 aromatic rings. The summed E-state index contributed by atoms with van der Waals surface area (Å²) in [5.74, 6) is 1.90. The highest BCUT2D eigenvalue weighted by Gasteiger charge is 2.37. The number of nitrogens with zero attached hydrogens (tertiary/aromatic N) is 1. The molecule has 22 heavy (non-hydrogen) atoms. The third kappa shape index (κ3) is 2.41. The predicted octanol–water partition coefficient (Wildman–Crippen LogP) is 4.37. The maximum absolute atomic E-state index is 12.7. The smallest absolute Gasteiger partial charge is 0.168 e. The standard InChI is InChI=1S/C19H20N2O/c22-19-15-9-5-4-6-13(15)12-17-16(19)10-11-18(21-17)20-14-7-2-1-3-8-14/h1-3,7-8,10-11,13,15H,4-6,9,12H2,(H,20,21). The lowest BCUT2D eigenvalue weighted by Gasteiger charge is -2.34. The monoisotopic (exact) mass is 292 g/mol. The van der Waals surface area contributed by atoms with E-state index in [1.807, 2.05) is 42.5 Å². The molecule has 0 spiro atoms. The summed E-state index contributed by atoms with van der Waals surface area (Å²) in [5.41, 5.74) is 2.85. The minimum Gasteiger partial charge on any atom is -0.340 e. The third-order valence-corrected chi connectivity index (χ3v) is 4.99. The Bertz CT molecular complexity index is 696. The van der Waals surface area contributed by atoms with Crippen LogP contribution in [0.4, 0.5) is 11.5 Å². The van der Waals surface area contributed by atoms with Crippen molar-refractivity contribution >= 4 is 17.3 Å². The molecule has 0 saturated heterocycles. The van der Waals surface area contributed by atoms with Crippen LogP contribution < -0.4 is 5.32 Å². The van der Waals surface area contributed by atoms with Gasteiger partial charge < -0.3 is 5.32 Å². The van der Waals surface area contributed by atoms with Crippen molar-refractivity contribution in [2.75, 3.05) is 5.32 Å². The van der Waals surface area contributed by atoms with Crippen molar-refractivity contribution < 1.29 is 4.79 Å². The summed E-state index contributed by atoms with van der Waals surface area (Å²) in [6, 6.07) is 13.9. The molecule has 1 fully saturated rings. The Kier molecular flexibility index (Phi) is 3.41. The molecule has 0 bridgehead atoms. The molecule has 3 nitrogen and oxygen atoms in total. The highest BCUT2D eigenvalue weighted by molar-refractivity contribution is 6.00. The number of hydrogen-bond donors (Lipinski definition) is 1. The van der Waals surface area contributed by atoms with Crippen LogP contribution in [0.15, 0.2) is 42.5 Å². The molecular formula is C19H20N2O. The summed E-state index contributed by atoms with van der Waals surface area (Å²) in [4.78, 5) is 17.4. The lowest BCUT2D eigenvalue weighted by Crippen LogP contribution is -2.34. The summed E-state index contributed by atoms with van der Waals surface area (Å²) in [5, 5.41) is 3.32. The molecule has 1 saturated carbocycles. The van der Waals surface area contributed by atoms with E-state index in [0.717, 1.165) is 35.6 Å². The number of hydrogen-bond acceptors (Lipinski definition) is 3. The largest absolute Gasteiger partial charge is 0.340 e. The number of para-hydroxylation sites is 1. The van der Waals surface area contributed by atoms with E-state index in [1.165, 1.54) is 19.3 Å². The van der Waals surface area contributed by atoms with E-state index in [9.17, 15) is 4.79 Å². The van der Waals surface area contributed by atoms with Crippen molar-refractivity contribution in [1.82, 2.24) is 4.98 Å². The number of carbonyl (C=O) groups excluding carboxylic acids is 1. The van der Waals surface area contributed by atoms with E-state index in [0.29, 0.717) is 11.7 Å². The maximum Gasteiger partial charge on any atom is 0.168 e. The third-order valence-electron chi connectivity index (χ3n) is 4.99. The van der Waals surface area contributed by atoms with Gasteiger partial charge in [-0.05, 0) is 49.4 Å². The Labute approximate surface area is 130 Å². The van der Waals surface area contributed by atoms with Crippen LogP contribution in [-0.2, 0) is 6.42 Å². The normalized spacial score (nSPS) is 23.5. The highest BCUT2D eigenvalue weighted by Crippen LogP contribution is 2.39. The molecular weight excluding hydrogens is 272 g/mol. The van der Waals surface area contributed by atoms with E-state index in [2.05, 4.69) is 5.32 Å². The van der Waals surface area contributed by atoms with E-state index in [4.69, 9.17) is 4.98 Å². The van der Waals surface area contributed by atoms with Gasteiger partial charge in [0, 0.05) is 17.2 Å². The van der Waals surface area contributed by atoms with Gasteiger partial charge in [-0.25, -0.2) is 4.98 Å².